The zero-order valence-electron chi connectivity index (χ0n) is 25.6. The number of fused-ring (bicyclic) bond motifs is 6. The molecule has 4 atom stereocenters. The number of nitrogens with two attached hydrogens (primary N) is 1. The van der Waals surface area contributed by atoms with E-state index in [4.69, 9.17) is 5.73 Å². The molecule has 0 fully saturated rings. The second-order valence-electron chi connectivity index (χ2n) is 12.9. The van der Waals surface area contributed by atoms with E-state index in [2.05, 4.69) is 140 Å². The van der Waals surface area contributed by atoms with Crippen molar-refractivity contribution in [2.45, 2.75) is 49.4 Å². The van der Waals surface area contributed by atoms with Crippen molar-refractivity contribution < 1.29 is 0 Å². The minimum atomic E-state index is 0.403. The predicted molar refractivity (Wildman–Crippen MR) is 194 cm³/mol. The highest BCUT2D eigenvalue weighted by Crippen LogP contribution is 2.52. The van der Waals surface area contributed by atoms with Crippen molar-refractivity contribution in [3.8, 4) is 0 Å². The van der Waals surface area contributed by atoms with Crippen LogP contribution in [0.5, 0.6) is 0 Å². The van der Waals surface area contributed by atoms with Crippen molar-refractivity contribution >= 4 is 36.3 Å². The van der Waals surface area contributed by atoms with Crippen LogP contribution in [0.2, 0.25) is 0 Å². The zero-order valence-corrected chi connectivity index (χ0v) is 26.5. The molecule has 8 rings (SSSR count). The van der Waals surface area contributed by atoms with E-state index >= 15 is 0 Å². The SMILES string of the molecule is C=Pc1cc2c3c(c4c(c2cc1N)CC(c1ccccc1)C(c1ccccc1)C4)CC(c1ccccc1)C(c1ccccc1)C3. The summed E-state index contributed by atoms with van der Waals surface area (Å²) in [4.78, 5) is 0. The third kappa shape index (κ3) is 5.01. The van der Waals surface area contributed by atoms with Gasteiger partial charge in [0.1, 0.15) is 0 Å². The largest absolute Gasteiger partial charge is 0.398 e. The Morgan fingerprint density at radius 3 is 1.09 bits per heavy atom. The molecule has 0 spiro atoms. The van der Waals surface area contributed by atoms with Gasteiger partial charge < -0.3 is 5.73 Å². The van der Waals surface area contributed by atoms with Gasteiger partial charge in [0.25, 0.3) is 0 Å². The van der Waals surface area contributed by atoms with E-state index in [-0.39, 0.29) is 0 Å². The fraction of sp³-hybridized carbons (Fsp3) is 0.186. The van der Waals surface area contributed by atoms with E-state index in [1.165, 1.54) is 44.2 Å². The molecule has 6 aromatic rings. The van der Waals surface area contributed by atoms with Crippen molar-refractivity contribution in [3.05, 3.63) is 178 Å². The van der Waals surface area contributed by atoms with Gasteiger partial charge in [0.05, 0.1) is 0 Å². The molecule has 0 aromatic heterocycles. The van der Waals surface area contributed by atoms with Crippen LogP contribution in [0, 0.1) is 0 Å². The standard InChI is InChI=1S/C43H38NP/c1-45-43-27-41-39-25-35(31-20-12-5-13-21-31)33(29-16-8-3-9-17-29)23-37(39)36-22-32(28-14-6-2-7-15-28)34(30-18-10-4-11-19-30)24-38(36)40(41)26-42(43)44/h2-21,26-27,32-35H,1,22-25,44H2. The molecular weight excluding hydrogens is 561 g/mol. The Morgan fingerprint density at radius 2 is 0.756 bits per heavy atom. The molecule has 0 radical (unpaired) electrons. The number of benzene rings is 6. The molecule has 0 saturated carbocycles. The van der Waals surface area contributed by atoms with E-state index in [9.17, 15) is 0 Å². The normalized spacial score (nSPS) is 20.9. The minimum Gasteiger partial charge on any atom is -0.398 e. The first-order chi connectivity index (χ1) is 22.2. The number of hydrogen-bond acceptors (Lipinski definition) is 1. The average molecular weight is 600 g/mol. The van der Waals surface area contributed by atoms with Gasteiger partial charge in [-0.15, -0.1) is 0 Å². The Hall–Kier alpha value is -4.45. The highest BCUT2D eigenvalue weighted by atomic mass is 31.1. The van der Waals surface area contributed by atoms with Crippen LogP contribution in [0.25, 0.3) is 10.8 Å². The lowest BCUT2D eigenvalue weighted by molar-refractivity contribution is 0.477. The molecule has 2 N–H and O–H groups in total. The van der Waals surface area contributed by atoms with Crippen LogP contribution in [0.3, 0.4) is 0 Å². The van der Waals surface area contributed by atoms with Gasteiger partial charge >= 0.3 is 0 Å². The summed E-state index contributed by atoms with van der Waals surface area (Å²) < 4.78 is 0. The van der Waals surface area contributed by atoms with E-state index in [0.29, 0.717) is 23.7 Å². The molecule has 0 aliphatic heterocycles. The fourth-order valence-electron chi connectivity index (χ4n) is 8.54. The van der Waals surface area contributed by atoms with E-state index in [1.54, 1.807) is 11.1 Å². The second-order valence-corrected chi connectivity index (χ2v) is 13.7. The summed E-state index contributed by atoms with van der Waals surface area (Å²) in [6.45, 7) is 0. The van der Waals surface area contributed by atoms with Gasteiger partial charge in [-0.3, -0.25) is 0 Å². The molecule has 2 aliphatic carbocycles. The van der Waals surface area contributed by atoms with Gasteiger partial charge in [0.2, 0.25) is 0 Å². The summed E-state index contributed by atoms with van der Waals surface area (Å²) in [6, 6.07) is 49.6. The van der Waals surface area contributed by atoms with E-state index in [0.717, 1.165) is 44.9 Å². The van der Waals surface area contributed by atoms with Gasteiger partial charge in [-0.2, -0.15) is 0 Å². The fourth-order valence-corrected chi connectivity index (χ4v) is 9.01. The number of anilines is 1. The van der Waals surface area contributed by atoms with E-state index in [1.807, 2.05) is 0 Å². The van der Waals surface area contributed by atoms with Gasteiger partial charge in [0.15, 0.2) is 0 Å². The Morgan fingerprint density at radius 1 is 0.444 bits per heavy atom. The van der Waals surface area contributed by atoms with Crippen LogP contribution in [0.4, 0.5) is 5.69 Å². The molecule has 2 aliphatic rings. The van der Waals surface area contributed by atoms with Crippen LogP contribution in [-0.2, 0) is 25.7 Å². The lowest BCUT2D eigenvalue weighted by atomic mass is 9.63. The summed E-state index contributed by atoms with van der Waals surface area (Å²) in [7, 11) is 0.971. The maximum Gasteiger partial charge on any atom is 0.0440 e. The first kappa shape index (κ1) is 28.1. The van der Waals surface area contributed by atoms with Crippen LogP contribution in [0.1, 0.15) is 68.2 Å². The first-order valence-corrected chi connectivity index (χ1v) is 17.3. The third-order valence-corrected chi connectivity index (χ3v) is 11.4. The van der Waals surface area contributed by atoms with Crippen molar-refractivity contribution in [3.63, 3.8) is 0 Å². The molecule has 0 heterocycles. The number of hydrogen-bond donors (Lipinski definition) is 1. The Balaban J connectivity index is 1.38. The quantitative estimate of drug-likeness (QED) is 0.155. The smallest absolute Gasteiger partial charge is 0.0440 e. The van der Waals surface area contributed by atoms with Crippen LogP contribution in [0.15, 0.2) is 133 Å². The lowest BCUT2D eigenvalue weighted by Gasteiger charge is -2.41. The number of nitrogen functional groups attached to an aromatic ring is 1. The Bertz CT molecular complexity index is 1980. The summed E-state index contributed by atoms with van der Waals surface area (Å²) >= 11 is 0. The van der Waals surface area contributed by atoms with E-state index < -0.39 is 0 Å². The maximum absolute atomic E-state index is 6.74. The molecule has 1 nitrogen and oxygen atoms in total. The first-order valence-electron chi connectivity index (χ1n) is 16.2. The minimum absolute atomic E-state index is 0.403. The van der Waals surface area contributed by atoms with Crippen LogP contribution >= 0.6 is 8.20 Å². The highest BCUT2D eigenvalue weighted by molar-refractivity contribution is 7.46. The molecule has 4 unspecified atom stereocenters. The molecule has 2 heteroatoms. The predicted octanol–water partition coefficient (Wildman–Crippen LogP) is 9.76. The van der Waals surface area contributed by atoms with Gasteiger partial charge in [0, 0.05) is 11.0 Å². The summed E-state index contributed by atoms with van der Waals surface area (Å²) in [5.41, 5.74) is 19.5. The maximum atomic E-state index is 6.74. The second kappa shape index (κ2) is 11.8. The zero-order chi connectivity index (χ0) is 30.3. The highest BCUT2D eigenvalue weighted by Gasteiger charge is 2.39. The van der Waals surface area contributed by atoms with Crippen molar-refractivity contribution in [1.82, 2.24) is 0 Å². The molecule has 0 amide bonds. The summed E-state index contributed by atoms with van der Waals surface area (Å²) in [5.74, 6) is 1.65. The summed E-state index contributed by atoms with van der Waals surface area (Å²) in [6.07, 6.45) is 8.36. The summed E-state index contributed by atoms with van der Waals surface area (Å²) in [5, 5.41) is 3.87. The monoisotopic (exact) mass is 599 g/mol. The molecule has 45 heavy (non-hydrogen) atoms. The molecule has 0 saturated heterocycles. The van der Waals surface area contributed by atoms with Crippen molar-refractivity contribution in [2.75, 3.05) is 5.73 Å². The molecule has 220 valence electrons. The topological polar surface area (TPSA) is 26.0 Å². The average Bonchev–Trinajstić information content (AvgIpc) is 3.12. The lowest BCUT2D eigenvalue weighted by Crippen LogP contribution is -2.29. The Kier molecular flexibility index (Phi) is 7.36. The van der Waals surface area contributed by atoms with Gasteiger partial charge in [-0.25, -0.2) is 0 Å². The Labute approximate surface area is 268 Å². The third-order valence-electron chi connectivity index (χ3n) is 10.7. The van der Waals surface area contributed by atoms with Crippen molar-refractivity contribution in [2.24, 2.45) is 0 Å². The van der Waals surface area contributed by atoms with Gasteiger partial charge in [-0.1, -0.05) is 136 Å². The molecule has 0 bridgehead atoms. The number of rotatable bonds is 5. The molecule has 6 aromatic carbocycles. The molecular formula is C43H38NP. The van der Waals surface area contributed by atoms with Gasteiger partial charge in [-0.05, 0) is 117 Å². The van der Waals surface area contributed by atoms with Crippen LogP contribution < -0.4 is 11.0 Å². The van der Waals surface area contributed by atoms with Crippen LogP contribution in [-0.4, -0.2) is 6.30 Å². The van der Waals surface area contributed by atoms with Crippen molar-refractivity contribution in [1.29, 1.82) is 0 Å².